The topological polar surface area (TPSA) is 52.3 Å². The molecule has 0 spiro atoms. The van der Waals surface area contributed by atoms with E-state index in [1.54, 1.807) is 0 Å². The van der Waals surface area contributed by atoms with Crippen LogP contribution >= 0.6 is 0 Å². The minimum atomic E-state index is -1.68. The molecule has 0 aromatic rings. The number of hydrogen-bond acceptors (Lipinski definition) is 3. The van der Waals surface area contributed by atoms with Crippen molar-refractivity contribution >= 4 is 5.97 Å². The van der Waals surface area contributed by atoms with Gasteiger partial charge in [-0.15, -0.1) is 0 Å². The van der Waals surface area contributed by atoms with E-state index in [0.717, 1.165) is 0 Å². The van der Waals surface area contributed by atoms with Crippen LogP contribution in [0.15, 0.2) is 0 Å². The molecule has 0 aromatic heterocycles. The molecule has 0 fully saturated rings. The number of halogens is 1. The Labute approximate surface area is 91.2 Å². The van der Waals surface area contributed by atoms with Crippen molar-refractivity contribution in [2.75, 3.05) is 13.7 Å². The van der Waals surface area contributed by atoms with E-state index in [4.69, 9.17) is 5.73 Å². The molecule has 2 N–H and O–H groups in total. The van der Waals surface area contributed by atoms with Crippen LogP contribution in [0.4, 0.5) is 4.39 Å². The zero-order valence-electron chi connectivity index (χ0n) is 10.3. The van der Waals surface area contributed by atoms with Gasteiger partial charge in [0, 0.05) is 6.54 Å². The van der Waals surface area contributed by atoms with Crippen LogP contribution in [0.2, 0.25) is 0 Å². The number of alkyl halides is 1. The molecule has 0 bridgehead atoms. The van der Waals surface area contributed by atoms with Crippen molar-refractivity contribution in [3.8, 4) is 0 Å². The SMILES string of the molecule is COC(=O)C(CN)(CC(C)C)C(C)(C)F. The number of rotatable bonds is 5. The van der Waals surface area contributed by atoms with Crippen LogP contribution in [0.1, 0.15) is 34.1 Å². The predicted molar refractivity (Wildman–Crippen MR) is 58.1 cm³/mol. The minimum Gasteiger partial charge on any atom is -0.468 e. The summed E-state index contributed by atoms with van der Waals surface area (Å²) in [5.74, 6) is -0.381. The highest BCUT2D eigenvalue weighted by Crippen LogP contribution is 2.40. The summed E-state index contributed by atoms with van der Waals surface area (Å²) in [6.45, 7) is 6.57. The van der Waals surface area contributed by atoms with E-state index in [2.05, 4.69) is 4.74 Å². The van der Waals surface area contributed by atoms with Crippen LogP contribution in [0.5, 0.6) is 0 Å². The fourth-order valence-corrected chi connectivity index (χ4v) is 1.87. The lowest BCUT2D eigenvalue weighted by molar-refractivity contribution is -0.163. The number of esters is 1. The lowest BCUT2D eigenvalue weighted by Crippen LogP contribution is -2.53. The molecule has 0 rings (SSSR count). The summed E-state index contributed by atoms with van der Waals surface area (Å²) in [5, 5.41) is 0. The Kier molecular flexibility index (Phi) is 4.71. The van der Waals surface area contributed by atoms with Gasteiger partial charge in [0.05, 0.1) is 7.11 Å². The smallest absolute Gasteiger partial charge is 0.316 e. The number of hydrogen-bond donors (Lipinski definition) is 1. The largest absolute Gasteiger partial charge is 0.468 e. The molecule has 0 aromatic carbocycles. The van der Waals surface area contributed by atoms with Crippen molar-refractivity contribution < 1.29 is 13.9 Å². The van der Waals surface area contributed by atoms with E-state index in [9.17, 15) is 9.18 Å². The van der Waals surface area contributed by atoms with E-state index in [1.807, 2.05) is 13.8 Å². The third-order valence-corrected chi connectivity index (χ3v) is 2.82. The second-order valence-corrected chi connectivity index (χ2v) is 4.85. The summed E-state index contributed by atoms with van der Waals surface area (Å²) < 4.78 is 18.8. The minimum absolute atomic E-state index is 0.0403. The van der Waals surface area contributed by atoms with Crippen molar-refractivity contribution in [3.05, 3.63) is 0 Å². The third-order valence-electron chi connectivity index (χ3n) is 2.82. The molecule has 4 heteroatoms. The van der Waals surface area contributed by atoms with E-state index >= 15 is 0 Å². The Morgan fingerprint density at radius 3 is 2.13 bits per heavy atom. The first kappa shape index (κ1) is 14.4. The van der Waals surface area contributed by atoms with Gasteiger partial charge in [0.1, 0.15) is 11.1 Å². The fraction of sp³-hybridized carbons (Fsp3) is 0.909. The highest BCUT2D eigenvalue weighted by Gasteiger charge is 2.52. The van der Waals surface area contributed by atoms with Crippen LogP contribution in [-0.4, -0.2) is 25.3 Å². The first-order chi connectivity index (χ1) is 6.71. The van der Waals surface area contributed by atoms with E-state index in [1.165, 1.54) is 21.0 Å². The van der Waals surface area contributed by atoms with Crippen LogP contribution in [-0.2, 0) is 9.53 Å². The van der Waals surface area contributed by atoms with Crippen molar-refractivity contribution in [3.63, 3.8) is 0 Å². The standard InChI is InChI=1S/C11H22FNO2/c1-8(2)6-11(7-13,9(14)15-5)10(3,4)12/h8H,6-7,13H2,1-5H3. The summed E-state index contributed by atoms with van der Waals surface area (Å²) >= 11 is 0. The number of methoxy groups -OCH3 is 1. The Morgan fingerprint density at radius 1 is 1.47 bits per heavy atom. The lowest BCUT2D eigenvalue weighted by Gasteiger charge is -2.39. The second-order valence-electron chi connectivity index (χ2n) is 4.85. The average Bonchev–Trinajstić information content (AvgIpc) is 2.10. The highest BCUT2D eigenvalue weighted by molar-refractivity contribution is 5.78. The lowest BCUT2D eigenvalue weighted by atomic mass is 9.69. The van der Waals surface area contributed by atoms with Crippen molar-refractivity contribution in [2.24, 2.45) is 17.1 Å². The van der Waals surface area contributed by atoms with Gasteiger partial charge in [0.2, 0.25) is 0 Å². The van der Waals surface area contributed by atoms with Crippen molar-refractivity contribution in [1.29, 1.82) is 0 Å². The van der Waals surface area contributed by atoms with Gasteiger partial charge >= 0.3 is 5.97 Å². The van der Waals surface area contributed by atoms with Gasteiger partial charge in [0.15, 0.2) is 0 Å². The van der Waals surface area contributed by atoms with Crippen LogP contribution < -0.4 is 5.73 Å². The van der Waals surface area contributed by atoms with Crippen molar-refractivity contribution in [1.82, 2.24) is 0 Å². The maximum Gasteiger partial charge on any atom is 0.316 e. The van der Waals surface area contributed by atoms with Crippen LogP contribution in [0.25, 0.3) is 0 Å². The molecule has 0 saturated heterocycles. The van der Waals surface area contributed by atoms with Gasteiger partial charge in [-0.1, -0.05) is 13.8 Å². The molecule has 0 saturated carbocycles. The number of carbonyl (C=O) groups excluding carboxylic acids is 1. The molecule has 15 heavy (non-hydrogen) atoms. The number of nitrogens with two attached hydrogens (primary N) is 1. The van der Waals surface area contributed by atoms with Crippen molar-refractivity contribution in [2.45, 2.75) is 39.8 Å². The van der Waals surface area contributed by atoms with Gasteiger partial charge in [-0.25, -0.2) is 4.39 Å². The maximum atomic E-state index is 14.1. The van der Waals surface area contributed by atoms with Gasteiger partial charge in [0.25, 0.3) is 0 Å². The summed E-state index contributed by atoms with van der Waals surface area (Å²) in [6.07, 6.45) is 0.389. The maximum absolute atomic E-state index is 14.1. The Morgan fingerprint density at radius 2 is 1.93 bits per heavy atom. The molecule has 1 atom stereocenters. The summed E-state index contributed by atoms with van der Waals surface area (Å²) in [6, 6.07) is 0. The molecule has 0 aliphatic carbocycles. The Bertz CT molecular complexity index is 223. The van der Waals surface area contributed by atoms with E-state index in [-0.39, 0.29) is 12.5 Å². The zero-order valence-corrected chi connectivity index (χ0v) is 10.3. The zero-order chi connectivity index (χ0) is 12.3. The van der Waals surface area contributed by atoms with Gasteiger partial charge in [-0.05, 0) is 26.2 Å². The molecule has 0 heterocycles. The molecule has 90 valence electrons. The monoisotopic (exact) mass is 219 g/mol. The molecule has 0 aliphatic rings. The predicted octanol–water partition coefficient (Wildman–Crippen LogP) is 1.90. The number of ether oxygens (including phenoxy) is 1. The molecule has 0 amide bonds. The highest BCUT2D eigenvalue weighted by atomic mass is 19.1. The summed E-state index contributed by atoms with van der Waals surface area (Å²) in [4.78, 5) is 11.7. The summed E-state index contributed by atoms with van der Waals surface area (Å²) in [7, 11) is 1.26. The molecule has 0 aliphatic heterocycles. The third kappa shape index (κ3) is 2.91. The first-order valence-electron chi connectivity index (χ1n) is 5.18. The molecule has 3 nitrogen and oxygen atoms in total. The Balaban J connectivity index is 5.21. The van der Waals surface area contributed by atoms with E-state index in [0.29, 0.717) is 6.42 Å². The van der Waals surface area contributed by atoms with Crippen LogP contribution in [0.3, 0.4) is 0 Å². The van der Waals surface area contributed by atoms with Gasteiger partial charge in [-0.3, -0.25) is 4.79 Å². The normalized spacial score (nSPS) is 16.3. The molecule has 0 radical (unpaired) electrons. The first-order valence-corrected chi connectivity index (χ1v) is 5.18. The average molecular weight is 219 g/mol. The van der Waals surface area contributed by atoms with Gasteiger partial charge in [-0.2, -0.15) is 0 Å². The fourth-order valence-electron chi connectivity index (χ4n) is 1.87. The Hall–Kier alpha value is -0.640. The quantitative estimate of drug-likeness (QED) is 0.718. The van der Waals surface area contributed by atoms with Crippen LogP contribution in [0, 0.1) is 11.3 Å². The summed E-state index contributed by atoms with van der Waals surface area (Å²) in [5.41, 5.74) is 2.66. The number of carbonyl (C=O) groups is 1. The van der Waals surface area contributed by atoms with Gasteiger partial charge < -0.3 is 10.5 Å². The molecular weight excluding hydrogens is 197 g/mol. The molecule has 1 unspecified atom stereocenters. The second kappa shape index (κ2) is 4.92. The van der Waals surface area contributed by atoms with E-state index < -0.39 is 17.1 Å². The molecular formula is C11H22FNO2.